The minimum Gasteiger partial charge on any atom is -0.484 e. The number of ether oxygens (including phenoxy) is 1. The van der Waals surface area contributed by atoms with Crippen LogP contribution >= 0.6 is 0 Å². The molecule has 1 saturated heterocycles. The molecule has 3 rings (SSSR count). The molecule has 0 unspecified atom stereocenters. The maximum atomic E-state index is 12.8. The maximum absolute atomic E-state index is 12.8. The molecule has 2 aromatic rings. The van der Waals surface area contributed by atoms with Crippen molar-refractivity contribution in [3.8, 4) is 5.75 Å². The third-order valence-electron chi connectivity index (χ3n) is 3.74. The van der Waals surface area contributed by atoms with E-state index >= 15 is 0 Å². The van der Waals surface area contributed by atoms with Crippen molar-refractivity contribution in [2.24, 2.45) is 0 Å². The van der Waals surface area contributed by atoms with Crippen molar-refractivity contribution in [3.05, 3.63) is 42.5 Å². The summed E-state index contributed by atoms with van der Waals surface area (Å²) in [5, 5.41) is 2.67. The highest BCUT2D eigenvalue weighted by Crippen LogP contribution is 2.16. The Morgan fingerprint density at radius 2 is 1.79 bits per heavy atom. The Labute approximate surface area is 139 Å². The topological polar surface area (TPSA) is 67.3 Å². The van der Waals surface area contributed by atoms with Crippen molar-refractivity contribution in [2.45, 2.75) is 19.3 Å². The molecule has 7 heteroatoms. The van der Waals surface area contributed by atoms with Gasteiger partial charge in [-0.2, -0.15) is 0 Å². The summed E-state index contributed by atoms with van der Waals surface area (Å²) in [7, 11) is 0. The van der Waals surface area contributed by atoms with Gasteiger partial charge in [0.1, 0.15) is 11.6 Å². The summed E-state index contributed by atoms with van der Waals surface area (Å²) in [4.78, 5) is 22.6. The Bertz CT molecular complexity index is 670. The van der Waals surface area contributed by atoms with Crippen molar-refractivity contribution in [3.63, 3.8) is 0 Å². The number of nitrogens with one attached hydrogen (secondary N) is 1. The van der Waals surface area contributed by atoms with Crippen LogP contribution in [0.1, 0.15) is 19.3 Å². The zero-order valence-corrected chi connectivity index (χ0v) is 13.2. The molecule has 0 spiro atoms. The molecule has 0 saturated carbocycles. The predicted octanol–water partition coefficient (Wildman–Crippen LogP) is 2.62. The Balaban J connectivity index is 1.49. The number of anilines is 2. The van der Waals surface area contributed by atoms with Gasteiger partial charge in [-0.1, -0.05) is 0 Å². The molecule has 2 heterocycles. The van der Waals surface area contributed by atoms with Gasteiger partial charge in [0.05, 0.1) is 18.1 Å². The summed E-state index contributed by atoms with van der Waals surface area (Å²) < 4.78 is 18.1. The number of hydrogen-bond acceptors (Lipinski definition) is 5. The number of benzene rings is 1. The molecular weight excluding hydrogens is 311 g/mol. The first-order valence-electron chi connectivity index (χ1n) is 7.96. The van der Waals surface area contributed by atoms with E-state index in [1.54, 1.807) is 12.4 Å². The lowest BCUT2D eigenvalue weighted by molar-refractivity contribution is -0.118. The van der Waals surface area contributed by atoms with Crippen molar-refractivity contribution in [1.82, 2.24) is 9.97 Å². The molecule has 0 bridgehead atoms. The SMILES string of the molecule is O=C(COc1ccc(F)cc1)Nc1cnc(N2CCCCC2)nc1. The van der Waals surface area contributed by atoms with E-state index < -0.39 is 0 Å². The number of rotatable bonds is 5. The van der Waals surface area contributed by atoms with Gasteiger partial charge in [0.2, 0.25) is 5.95 Å². The molecule has 1 aliphatic rings. The highest BCUT2D eigenvalue weighted by Gasteiger charge is 2.13. The molecule has 1 aromatic carbocycles. The highest BCUT2D eigenvalue weighted by atomic mass is 19.1. The van der Waals surface area contributed by atoms with Gasteiger partial charge in [0.15, 0.2) is 6.61 Å². The summed E-state index contributed by atoms with van der Waals surface area (Å²) >= 11 is 0. The average Bonchev–Trinajstić information content (AvgIpc) is 2.63. The Morgan fingerprint density at radius 1 is 1.12 bits per heavy atom. The fourth-order valence-electron chi connectivity index (χ4n) is 2.52. The van der Waals surface area contributed by atoms with Gasteiger partial charge in [-0.05, 0) is 43.5 Å². The Kier molecular flexibility index (Phi) is 5.20. The van der Waals surface area contributed by atoms with E-state index in [9.17, 15) is 9.18 Å². The van der Waals surface area contributed by atoms with Gasteiger partial charge in [-0.3, -0.25) is 4.79 Å². The first kappa shape index (κ1) is 16.2. The quantitative estimate of drug-likeness (QED) is 0.913. The smallest absolute Gasteiger partial charge is 0.262 e. The van der Waals surface area contributed by atoms with Crippen molar-refractivity contribution in [2.75, 3.05) is 29.9 Å². The monoisotopic (exact) mass is 330 g/mol. The van der Waals surface area contributed by atoms with Crippen molar-refractivity contribution >= 4 is 17.5 Å². The van der Waals surface area contributed by atoms with Crippen LogP contribution in [0.4, 0.5) is 16.0 Å². The largest absolute Gasteiger partial charge is 0.484 e. The van der Waals surface area contributed by atoms with Gasteiger partial charge in [0.25, 0.3) is 5.91 Å². The molecule has 1 aliphatic heterocycles. The Morgan fingerprint density at radius 3 is 2.46 bits per heavy atom. The lowest BCUT2D eigenvalue weighted by Gasteiger charge is -2.26. The van der Waals surface area contributed by atoms with Gasteiger partial charge in [0, 0.05) is 13.1 Å². The molecule has 0 atom stereocenters. The van der Waals surface area contributed by atoms with Crippen LogP contribution in [0.15, 0.2) is 36.7 Å². The highest BCUT2D eigenvalue weighted by molar-refractivity contribution is 5.91. The van der Waals surface area contributed by atoms with Crippen LogP contribution in [0.2, 0.25) is 0 Å². The number of carbonyl (C=O) groups excluding carboxylic acids is 1. The summed E-state index contributed by atoms with van der Waals surface area (Å²) in [6, 6.07) is 5.50. The third kappa shape index (κ3) is 4.41. The fraction of sp³-hybridized carbons (Fsp3) is 0.353. The number of aromatic nitrogens is 2. The Hall–Kier alpha value is -2.70. The number of piperidine rings is 1. The van der Waals surface area contributed by atoms with Crippen LogP contribution in [0.3, 0.4) is 0 Å². The van der Waals surface area contributed by atoms with Crippen molar-refractivity contribution < 1.29 is 13.9 Å². The molecule has 6 nitrogen and oxygen atoms in total. The van der Waals surface area contributed by atoms with Crippen LogP contribution < -0.4 is 15.0 Å². The predicted molar refractivity (Wildman–Crippen MR) is 88.6 cm³/mol. The molecule has 1 aromatic heterocycles. The molecule has 1 fully saturated rings. The standard InChI is InChI=1S/C17H19FN4O2/c18-13-4-6-15(7-5-13)24-12-16(23)21-14-10-19-17(20-11-14)22-8-2-1-3-9-22/h4-7,10-11H,1-3,8-9,12H2,(H,21,23). The van der Waals surface area contributed by atoms with Crippen LogP contribution in [0.25, 0.3) is 0 Å². The number of amides is 1. The van der Waals surface area contributed by atoms with E-state index in [0.717, 1.165) is 25.9 Å². The van der Waals surface area contributed by atoms with Gasteiger partial charge in [-0.25, -0.2) is 14.4 Å². The van der Waals surface area contributed by atoms with E-state index in [4.69, 9.17) is 4.74 Å². The molecule has 24 heavy (non-hydrogen) atoms. The lowest BCUT2D eigenvalue weighted by atomic mass is 10.1. The van der Waals surface area contributed by atoms with Crippen LogP contribution in [-0.2, 0) is 4.79 Å². The summed E-state index contributed by atoms with van der Waals surface area (Å²) in [6.45, 7) is 1.77. The zero-order chi connectivity index (χ0) is 16.8. The van der Waals surface area contributed by atoms with E-state index in [2.05, 4.69) is 20.2 Å². The summed E-state index contributed by atoms with van der Waals surface area (Å²) in [5.74, 6) is 0.449. The van der Waals surface area contributed by atoms with Crippen LogP contribution in [0.5, 0.6) is 5.75 Å². The molecule has 126 valence electrons. The second-order valence-electron chi connectivity index (χ2n) is 5.61. The third-order valence-corrected chi connectivity index (χ3v) is 3.74. The molecule has 1 amide bonds. The second-order valence-corrected chi connectivity index (χ2v) is 5.61. The van der Waals surface area contributed by atoms with Gasteiger partial charge < -0.3 is 15.0 Å². The number of carbonyl (C=O) groups is 1. The summed E-state index contributed by atoms with van der Waals surface area (Å²) in [5.41, 5.74) is 0.517. The van der Waals surface area contributed by atoms with Crippen LogP contribution in [0, 0.1) is 5.82 Å². The molecular formula is C17H19FN4O2. The fourth-order valence-corrected chi connectivity index (χ4v) is 2.52. The number of halogens is 1. The average molecular weight is 330 g/mol. The first-order chi connectivity index (χ1) is 11.7. The second kappa shape index (κ2) is 7.72. The minimum atomic E-state index is -0.349. The van der Waals surface area contributed by atoms with Gasteiger partial charge in [-0.15, -0.1) is 0 Å². The molecule has 0 aliphatic carbocycles. The first-order valence-corrected chi connectivity index (χ1v) is 7.96. The minimum absolute atomic E-state index is 0.167. The number of hydrogen-bond donors (Lipinski definition) is 1. The molecule has 1 N–H and O–H groups in total. The zero-order valence-electron chi connectivity index (χ0n) is 13.2. The van der Waals surface area contributed by atoms with Crippen LogP contribution in [-0.4, -0.2) is 35.6 Å². The van der Waals surface area contributed by atoms with E-state index in [0.29, 0.717) is 17.4 Å². The lowest BCUT2D eigenvalue weighted by Crippen LogP contribution is -2.31. The van der Waals surface area contributed by atoms with E-state index in [1.165, 1.54) is 30.7 Å². The van der Waals surface area contributed by atoms with Crippen molar-refractivity contribution in [1.29, 1.82) is 0 Å². The summed E-state index contributed by atoms with van der Waals surface area (Å²) in [6.07, 6.45) is 6.74. The van der Waals surface area contributed by atoms with E-state index in [-0.39, 0.29) is 18.3 Å². The van der Waals surface area contributed by atoms with Gasteiger partial charge >= 0.3 is 0 Å². The maximum Gasteiger partial charge on any atom is 0.262 e. The normalized spacial score (nSPS) is 14.3. The molecule has 0 radical (unpaired) electrons. The number of nitrogens with zero attached hydrogens (tertiary/aromatic N) is 3. The van der Waals surface area contributed by atoms with E-state index in [1.807, 2.05) is 0 Å².